The number of rotatable bonds is 4. The third-order valence-electron chi connectivity index (χ3n) is 2.18. The summed E-state index contributed by atoms with van der Waals surface area (Å²) in [4.78, 5) is 15.3. The number of hydrogen-bond acceptors (Lipinski definition) is 4. The average molecular weight is 245 g/mol. The minimum Gasteiger partial charge on any atom is -0.495 e. The van der Waals surface area contributed by atoms with E-state index in [1.54, 1.807) is 6.92 Å². The molecular formula is C11H13F2NO3. The molecule has 0 atom stereocenters. The van der Waals surface area contributed by atoms with E-state index < -0.39 is 12.4 Å². The highest BCUT2D eigenvalue weighted by molar-refractivity contribution is 5.92. The molecule has 0 radical (unpaired) electrons. The number of carbonyl (C=O) groups excluding carboxylic acids is 1. The first-order valence-electron chi connectivity index (χ1n) is 5.01. The molecule has 0 aliphatic rings. The summed E-state index contributed by atoms with van der Waals surface area (Å²) in [5.41, 5.74) is -0.335. The smallest absolute Gasteiger partial charge is 0.343 e. The summed E-state index contributed by atoms with van der Waals surface area (Å²) in [6.07, 6.45) is -1.58. The maximum Gasteiger partial charge on any atom is 0.343 e. The van der Waals surface area contributed by atoms with Crippen LogP contribution in [0.25, 0.3) is 0 Å². The average Bonchev–Trinajstić information content (AvgIpc) is 2.27. The minimum absolute atomic E-state index is 0.0877. The fourth-order valence-electron chi connectivity index (χ4n) is 1.43. The van der Waals surface area contributed by atoms with Crippen LogP contribution in [0.1, 0.15) is 35.0 Å². The first-order chi connectivity index (χ1) is 8.02. The number of halogens is 2. The van der Waals surface area contributed by atoms with Gasteiger partial charge in [-0.3, -0.25) is 4.98 Å². The minimum atomic E-state index is -2.76. The number of pyridine rings is 1. The fourth-order valence-corrected chi connectivity index (χ4v) is 1.43. The van der Waals surface area contributed by atoms with Gasteiger partial charge in [0.1, 0.15) is 11.3 Å². The largest absolute Gasteiger partial charge is 0.495 e. The van der Waals surface area contributed by atoms with Gasteiger partial charge >= 0.3 is 5.97 Å². The van der Waals surface area contributed by atoms with Crippen molar-refractivity contribution in [1.29, 1.82) is 0 Å². The molecule has 0 N–H and O–H groups in total. The van der Waals surface area contributed by atoms with E-state index in [1.807, 2.05) is 0 Å². The lowest BCUT2D eigenvalue weighted by Crippen LogP contribution is -2.10. The third kappa shape index (κ3) is 2.69. The van der Waals surface area contributed by atoms with Gasteiger partial charge in [-0.2, -0.15) is 0 Å². The molecule has 0 fully saturated rings. The van der Waals surface area contributed by atoms with E-state index >= 15 is 0 Å². The van der Waals surface area contributed by atoms with Gasteiger partial charge in [-0.05, 0) is 13.8 Å². The Balaban J connectivity index is 3.32. The quantitative estimate of drug-likeness (QED) is 0.765. The van der Waals surface area contributed by atoms with Gasteiger partial charge in [0.2, 0.25) is 0 Å². The van der Waals surface area contributed by atoms with E-state index in [0.717, 1.165) is 0 Å². The molecule has 0 spiro atoms. The first kappa shape index (κ1) is 13.3. The fraction of sp³-hybridized carbons (Fsp3) is 0.455. The number of nitrogens with zero attached hydrogens (tertiary/aromatic N) is 1. The van der Waals surface area contributed by atoms with Crippen molar-refractivity contribution < 1.29 is 23.0 Å². The van der Waals surface area contributed by atoms with Crippen molar-refractivity contribution in [3.8, 4) is 5.75 Å². The Bertz CT molecular complexity index is 421. The van der Waals surface area contributed by atoms with Gasteiger partial charge in [-0.25, -0.2) is 13.6 Å². The van der Waals surface area contributed by atoms with E-state index in [2.05, 4.69) is 4.98 Å². The van der Waals surface area contributed by atoms with Crippen LogP contribution in [0.15, 0.2) is 6.20 Å². The van der Waals surface area contributed by atoms with Crippen LogP contribution in [0.5, 0.6) is 5.75 Å². The van der Waals surface area contributed by atoms with Gasteiger partial charge < -0.3 is 9.47 Å². The standard InChI is InChI=1S/C11H13F2NO3/c1-4-17-11(15)7-5-14-6(2)8(10(12)13)9(7)16-3/h5,10H,4H2,1-3H3. The molecule has 0 aliphatic heterocycles. The molecule has 1 aromatic heterocycles. The monoisotopic (exact) mass is 245 g/mol. The van der Waals surface area contributed by atoms with Crippen LogP contribution < -0.4 is 4.74 Å². The highest BCUT2D eigenvalue weighted by atomic mass is 19.3. The highest BCUT2D eigenvalue weighted by Gasteiger charge is 2.24. The van der Waals surface area contributed by atoms with Gasteiger partial charge in [0, 0.05) is 11.9 Å². The van der Waals surface area contributed by atoms with Crippen LogP contribution in [-0.2, 0) is 4.74 Å². The Morgan fingerprint density at radius 3 is 2.65 bits per heavy atom. The number of alkyl halides is 2. The zero-order valence-corrected chi connectivity index (χ0v) is 9.79. The molecule has 17 heavy (non-hydrogen) atoms. The van der Waals surface area contributed by atoms with Crippen molar-refractivity contribution in [2.75, 3.05) is 13.7 Å². The van der Waals surface area contributed by atoms with E-state index in [1.165, 1.54) is 20.2 Å². The summed E-state index contributed by atoms with van der Waals surface area (Å²) in [6, 6.07) is 0. The molecule has 0 bridgehead atoms. The molecule has 4 nitrogen and oxygen atoms in total. The SMILES string of the molecule is CCOC(=O)c1cnc(C)c(C(F)F)c1OC. The van der Waals surface area contributed by atoms with Gasteiger partial charge in [-0.15, -0.1) is 0 Å². The number of carbonyl (C=O) groups is 1. The Labute approximate surface area is 97.6 Å². The van der Waals surface area contributed by atoms with Gasteiger partial charge in [-0.1, -0.05) is 0 Å². The lowest BCUT2D eigenvalue weighted by molar-refractivity contribution is 0.0521. The molecule has 0 unspecified atom stereocenters. The maximum atomic E-state index is 12.8. The summed E-state index contributed by atoms with van der Waals surface area (Å²) in [7, 11) is 1.23. The molecule has 0 aromatic carbocycles. The molecule has 6 heteroatoms. The molecule has 0 saturated carbocycles. The second-order valence-electron chi connectivity index (χ2n) is 3.23. The number of hydrogen-bond donors (Lipinski definition) is 0. The Morgan fingerprint density at radius 2 is 2.18 bits per heavy atom. The number of ether oxygens (including phenoxy) is 2. The number of esters is 1. The molecule has 0 saturated heterocycles. The van der Waals surface area contributed by atoms with Crippen molar-refractivity contribution in [3.05, 3.63) is 23.0 Å². The molecule has 1 heterocycles. The van der Waals surface area contributed by atoms with E-state index in [9.17, 15) is 13.6 Å². The van der Waals surface area contributed by atoms with Crippen molar-refractivity contribution in [3.63, 3.8) is 0 Å². The van der Waals surface area contributed by atoms with Crippen molar-refractivity contribution in [2.24, 2.45) is 0 Å². The molecule has 0 aliphatic carbocycles. The third-order valence-corrected chi connectivity index (χ3v) is 2.18. The predicted molar refractivity (Wildman–Crippen MR) is 56.4 cm³/mol. The molecule has 1 aromatic rings. The Hall–Kier alpha value is -1.72. The zero-order chi connectivity index (χ0) is 13.0. The number of aromatic nitrogens is 1. The van der Waals surface area contributed by atoms with Crippen molar-refractivity contribution >= 4 is 5.97 Å². The molecule has 1 rings (SSSR count). The van der Waals surface area contributed by atoms with E-state index in [-0.39, 0.29) is 29.2 Å². The zero-order valence-electron chi connectivity index (χ0n) is 9.79. The number of methoxy groups -OCH3 is 1. The van der Waals surface area contributed by atoms with Gasteiger partial charge in [0.15, 0.2) is 0 Å². The maximum absolute atomic E-state index is 12.8. The second kappa shape index (κ2) is 5.56. The Kier molecular flexibility index (Phi) is 4.37. The molecule has 94 valence electrons. The van der Waals surface area contributed by atoms with Crippen LogP contribution in [0, 0.1) is 6.92 Å². The van der Waals surface area contributed by atoms with Crippen LogP contribution in [-0.4, -0.2) is 24.7 Å². The van der Waals surface area contributed by atoms with Gasteiger partial charge in [0.25, 0.3) is 6.43 Å². The van der Waals surface area contributed by atoms with E-state index in [0.29, 0.717) is 0 Å². The van der Waals surface area contributed by atoms with E-state index in [4.69, 9.17) is 9.47 Å². The summed E-state index contributed by atoms with van der Waals surface area (Å²) < 4.78 is 35.3. The highest BCUT2D eigenvalue weighted by Crippen LogP contribution is 2.33. The summed E-state index contributed by atoms with van der Waals surface area (Å²) in [5, 5.41) is 0. The van der Waals surface area contributed by atoms with Crippen molar-refractivity contribution in [2.45, 2.75) is 20.3 Å². The van der Waals surface area contributed by atoms with Crippen LogP contribution in [0.3, 0.4) is 0 Å². The predicted octanol–water partition coefficient (Wildman–Crippen LogP) is 2.51. The summed E-state index contributed by atoms with van der Waals surface area (Å²) >= 11 is 0. The number of aryl methyl sites for hydroxylation is 1. The van der Waals surface area contributed by atoms with Crippen LogP contribution in [0.4, 0.5) is 8.78 Å². The Morgan fingerprint density at radius 1 is 1.53 bits per heavy atom. The molecular weight excluding hydrogens is 232 g/mol. The summed E-state index contributed by atoms with van der Waals surface area (Å²) in [5.74, 6) is -0.898. The normalized spacial score (nSPS) is 10.5. The molecule has 0 amide bonds. The van der Waals surface area contributed by atoms with Crippen LogP contribution >= 0.6 is 0 Å². The lowest BCUT2D eigenvalue weighted by atomic mass is 10.1. The first-order valence-corrected chi connectivity index (χ1v) is 5.01. The lowest BCUT2D eigenvalue weighted by Gasteiger charge is -2.13. The van der Waals surface area contributed by atoms with Crippen molar-refractivity contribution in [1.82, 2.24) is 4.98 Å². The van der Waals surface area contributed by atoms with Crippen LogP contribution in [0.2, 0.25) is 0 Å². The second-order valence-corrected chi connectivity index (χ2v) is 3.23. The van der Waals surface area contributed by atoms with Gasteiger partial charge in [0.05, 0.1) is 19.3 Å². The summed E-state index contributed by atoms with van der Waals surface area (Å²) in [6.45, 7) is 3.21. The topological polar surface area (TPSA) is 48.4 Å².